The molecule has 3 nitrogen and oxygen atoms in total. The van der Waals surface area contributed by atoms with Crippen LogP contribution in [0.15, 0.2) is 23.1 Å². The van der Waals surface area contributed by atoms with Gasteiger partial charge in [0.15, 0.2) is 0 Å². The molecule has 0 spiro atoms. The van der Waals surface area contributed by atoms with Gasteiger partial charge in [0.25, 0.3) is 0 Å². The lowest BCUT2D eigenvalue weighted by Crippen LogP contribution is -2.27. The molecule has 0 unspecified atom stereocenters. The van der Waals surface area contributed by atoms with E-state index in [1.807, 2.05) is 13.8 Å². The predicted molar refractivity (Wildman–Crippen MR) is 61.2 cm³/mol. The molecule has 0 aliphatic rings. The van der Waals surface area contributed by atoms with Crippen LogP contribution in [-0.4, -0.2) is 15.0 Å². The van der Waals surface area contributed by atoms with Crippen LogP contribution >= 0.6 is 0 Å². The second-order valence-electron chi connectivity index (χ2n) is 4.16. The van der Waals surface area contributed by atoms with Gasteiger partial charge in [0.1, 0.15) is 5.82 Å². The lowest BCUT2D eigenvalue weighted by Gasteiger charge is -2.09. The summed E-state index contributed by atoms with van der Waals surface area (Å²) in [5.41, 5.74) is 0.326. The molecule has 0 bridgehead atoms. The number of sulfonamides is 1. The van der Waals surface area contributed by atoms with Gasteiger partial charge in [0.2, 0.25) is 10.0 Å². The van der Waals surface area contributed by atoms with Gasteiger partial charge in [0.05, 0.1) is 4.90 Å². The number of nitrogens with one attached hydrogen (secondary N) is 1. The first-order valence-electron chi connectivity index (χ1n) is 5.09. The van der Waals surface area contributed by atoms with Gasteiger partial charge in [-0.25, -0.2) is 17.5 Å². The van der Waals surface area contributed by atoms with Crippen molar-refractivity contribution in [1.29, 1.82) is 0 Å². The lowest BCUT2D eigenvalue weighted by molar-refractivity contribution is 0.559. The van der Waals surface area contributed by atoms with Crippen molar-refractivity contribution < 1.29 is 12.8 Å². The van der Waals surface area contributed by atoms with E-state index in [0.717, 1.165) is 0 Å². The van der Waals surface area contributed by atoms with Crippen LogP contribution in [0.2, 0.25) is 0 Å². The number of halogens is 1. The molecule has 1 aromatic carbocycles. The maximum absolute atomic E-state index is 13.0. The van der Waals surface area contributed by atoms with Crippen LogP contribution in [0.3, 0.4) is 0 Å². The van der Waals surface area contributed by atoms with E-state index in [1.54, 1.807) is 0 Å². The largest absolute Gasteiger partial charge is 0.240 e. The Hall–Kier alpha value is -0.940. The molecule has 0 aliphatic heterocycles. The molecule has 0 saturated heterocycles. The molecule has 0 aliphatic carbocycles. The van der Waals surface area contributed by atoms with E-state index in [0.29, 0.717) is 12.1 Å². The van der Waals surface area contributed by atoms with Crippen LogP contribution in [0.25, 0.3) is 0 Å². The van der Waals surface area contributed by atoms with Crippen LogP contribution in [0.1, 0.15) is 19.4 Å². The van der Waals surface area contributed by atoms with E-state index in [1.165, 1.54) is 25.1 Å². The van der Waals surface area contributed by atoms with Gasteiger partial charge in [0, 0.05) is 6.54 Å². The topological polar surface area (TPSA) is 46.2 Å². The van der Waals surface area contributed by atoms with Crippen LogP contribution < -0.4 is 4.72 Å². The first-order valence-corrected chi connectivity index (χ1v) is 6.57. The zero-order valence-electron chi connectivity index (χ0n) is 9.62. The molecular formula is C11H16FNO2S. The second kappa shape index (κ2) is 4.93. The minimum atomic E-state index is -3.51. The maximum atomic E-state index is 13.0. The molecule has 90 valence electrons. The van der Waals surface area contributed by atoms with Crippen molar-refractivity contribution in [3.63, 3.8) is 0 Å². The van der Waals surface area contributed by atoms with Crippen molar-refractivity contribution in [2.24, 2.45) is 5.92 Å². The molecule has 0 fully saturated rings. The smallest absolute Gasteiger partial charge is 0.211 e. The van der Waals surface area contributed by atoms with Gasteiger partial charge < -0.3 is 0 Å². The molecule has 1 rings (SSSR count). The molecule has 0 aromatic heterocycles. The fourth-order valence-corrected chi connectivity index (χ4v) is 2.44. The van der Waals surface area contributed by atoms with Crippen molar-refractivity contribution in [3.8, 4) is 0 Å². The average Bonchev–Trinajstić information content (AvgIpc) is 2.19. The summed E-state index contributed by atoms with van der Waals surface area (Å²) in [5.74, 6) is -0.167. The molecule has 0 radical (unpaired) electrons. The molecular weight excluding hydrogens is 229 g/mol. The summed E-state index contributed by atoms with van der Waals surface area (Å²) in [6.07, 6.45) is 0. The van der Waals surface area contributed by atoms with Gasteiger partial charge in [-0.05, 0) is 36.6 Å². The summed E-state index contributed by atoms with van der Waals surface area (Å²) in [4.78, 5) is 0.104. The Kier molecular flexibility index (Phi) is 4.04. The van der Waals surface area contributed by atoms with Crippen molar-refractivity contribution in [3.05, 3.63) is 29.6 Å². The van der Waals surface area contributed by atoms with E-state index in [9.17, 15) is 12.8 Å². The monoisotopic (exact) mass is 245 g/mol. The molecule has 1 aromatic rings. The highest BCUT2D eigenvalue weighted by molar-refractivity contribution is 7.89. The highest BCUT2D eigenvalue weighted by Gasteiger charge is 2.15. The molecule has 16 heavy (non-hydrogen) atoms. The van der Waals surface area contributed by atoms with Crippen molar-refractivity contribution >= 4 is 10.0 Å². The summed E-state index contributed by atoms with van der Waals surface area (Å²) in [7, 11) is -3.51. The van der Waals surface area contributed by atoms with Gasteiger partial charge in [-0.1, -0.05) is 13.8 Å². The molecule has 1 N–H and O–H groups in total. The fourth-order valence-electron chi connectivity index (χ4n) is 1.14. The van der Waals surface area contributed by atoms with Crippen LogP contribution in [0.4, 0.5) is 4.39 Å². The van der Waals surface area contributed by atoms with E-state index in [4.69, 9.17) is 0 Å². The third-order valence-corrected chi connectivity index (χ3v) is 3.54. The average molecular weight is 245 g/mol. The Morgan fingerprint density at radius 1 is 1.38 bits per heavy atom. The van der Waals surface area contributed by atoms with E-state index >= 15 is 0 Å². The number of hydrogen-bond donors (Lipinski definition) is 1. The Bertz CT molecular complexity index is 469. The Morgan fingerprint density at radius 2 is 2.00 bits per heavy atom. The van der Waals surface area contributed by atoms with E-state index in [2.05, 4.69) is 4.72 Å². The van der Waals surface area contributed by atoms with Crippen molar-refractivity contribution in [2.45, 2.75) is 25.7 Å². The summed E-state index contributed by atoms with van der Waals surface area (Å²) in [5, 5.41) is 0. The molecule has 0 amide bonds. The molecule has 0 atom stereocenters. The van der Waals surface area contributed by atoms with Crippen LogP contribution in [-0.2, 0) is 10.0 Å². The zero-order chi connectivity index (χ0) is 12.3. The third kappa shape index (κ3) is 3.28. The standard InChI is InChI=1S/C11H16FNO2S/c1-8(2)7-13-16(14,15)10-4-5-11(12)9(3)6-10/h4-6,8,13H,7H2,1-3H3. The SMILES string of the molecule is Cc1cc(S(=O)(=O)NCC(C)C)ccc1F. The highest BCUT2D eigenvalue weighted by Crippen LogP contribution is 2.14. The number of hydrogen-bond acceptors (Lipinski definition) is 2. The molecule has 5 heteroatoms. The van der Waals surface area contributed by atoms with Gasteiger partial charge >= 0.3 is 0 Å². The fraction of sp³-hybridized carbons (Fsp3) is 0.455. The van der Waals surface area contributed by atoms with Gasteiger partial charge in [-0.15, -0.1) is 0 Å². The first-order chi connectivity index (χ1) is 7.33. The number of aryl methyl sites for hydroxylation is 1. The van der Waals surface area contributed by atoms with Gasteiger partial charge in [-0.3, -0.25) is 0 Å². The third-order valence-electron chi connectivity index (χ3n) is 2.12. The Labute approximate surface area is 95.7 Å². The molecule has 0 saturated carbocycles. The number of benzene rings is 1. The van der Waals surface area contributed by atoms with Crippen molar-refractivity contribution in [1.82, 2.24) is 4.72 Å². The lowest BCUT2D eigenvalue weighted by atomic mass is 10.2. The Morgan fingerprint density at radius 3 is 2.50 bits per heavy atom. The zero-order valence-corrected chi connectivity index (χ0v) is 10.4. The van der Waals surface area contributed by atoms with Gasteiger partial charge in [-0.2, -0.15) is 0 Å². The summed E-state index contributed by atoms with van der Waals surface area (Å²) >= 11 is 0. The maximum Gasteiger partial charge on any atom is 0.240 e. The van der Waals surface area contributed by atoms with E-state index < -0.39 is 15.8 Å². The van der Waals surface area contributed by atoms with Crippen LogP contribution in [0.5, 0.6) is 0 Å². The quantitative estimate of drug-likeness (QED) is 0.882. The Balaban J connectivity index is 2.94. The highest BCUT2D eigenvalue weighted by atomic mass is 32.2. The minimum Gasteiger partial charge on any atom is -0.211 e. The summed E-state index contributed by atoms with van der Waals surface area (Å²) in [6, 6.07) is 3.77. The minimum absolute atomic E-state index is 0.104. The summed E-state index contributed by atoms with van der Waals surface area (Å²) < 4.78 is 39.0. The van der Waals surface area contributed by atoms with Crippen LogP contribution in [0, 0.1) is 18.7 Å². The first kappa shape index (κ1) is 13.1. The summed E-state index contributed by atoms with van der Waals surface area (Å²) in [6.45, 7) is 5.74. The second-order valence-corrected chi connectivity index (χ2v) is 5.92. The van der Waals surface area contributed by atoms with E-state index in [-0.39, 0.29) is 10.8 Å². The normalized spacial score (nSPS) is 12.1. The number of rotatable bonds is 4. The predicted octanol–water partition coefficient (Wildman–Crippen LogP) is 2.07. The van der Waals surface area contributed by atoms with Crippen molar-refractivity contribution in [2.75, 3.05) is 6.54 Å². The molecule has 0 heterocycles.